The van der Waals surface area contributed by atoms with Gasteiger partial charge in [0, 0.05) is 36.3 Å². The van der Waals surface area contributed by atoms with E-state index < -0.39 is 11.6 Å². The summed E-state index contributed by atoms with van der Waals surface area (Å²) in [6.45, 7) is 8.68. The van der Waals surface area contributed by atoms with Crippen LogP contribution in [-0.2, 0) is 11.2 Å². The topological polar surface area (TPSA) is 67.7 Å². The van der Waals surface area contributed by atoms with Crippen molar-refractivity contribution in [2.75, 3.05) is 13.1 Å². The quantitative estimate of drug-likeness (QED) is 0.340. The van der Waals surface area contributed by atoms with E-state index in [1.54, 1.807) is 11.1 Å². The Balaban J connectivity index is 1.46. The van der Waals surface area contributed by atoms with Gasteiger partial charge in [0.1, 0.15) is 17.5 Å². The van der Waals surface area contributed by atoms with Crippen molar-refractivity contribution < 1.29 is 18.4 Å². The van der Waals surface area contributed by atoms with Gasteiger partial charge in [-0.3, -0.25) is 4.79 Å². The van der Waals surface area contributed by atoms with Crippen molar-refractivity contribution in [1.29, 1.82) is 0 Å². The Hall–Kier alpha value is -3.68. The van der Waals surface area contributed by atoms with Crippen LogP contribution in [0.2, 0.25) is 0 Å². The van der Waals surface area contributed by atoms with Crippen LogP contribution in [0.1, 0.15) is 59.5 Å². The molecule has 2 heterocycles. The zero-order valence-corrected chi connectivity index (χ0v) is 21.0. The monoisotopic (exact) mass is 492 g/mol. The van der Waals surface area contributed by atoms with Gasteiger partial charge in [0.15, 0.2) is 5.75 Å². The number of aromatic nitrogens is 2. The lowest BCUT2D eigenvalue weighted by atomic mass is 9.89. The number of aryl methyl sites for hydroxylation is 3. The molecule has 1 fully saturated rings. The van der Waals surface area contributed by atoms with Crippen LogP contribution in [0.3, 0.4) is 0 Å². The minimum atomic E-state index is -0.697. The largest absolute Gasteiger partial charge is 0.357 e. The highest BCUT2D eigenvalue weighted by Gasteiger charge is 2.28. The molecular weight excluding hydrogens is 462 g/mol. The molecule has 0 spiro atoms. The summed E-state index contributed by atoms with van der Waals surface area (Å²) in [5.74, 6) is -0.252. The van der Waals surface area contributed by atoms with Crippen LogP contribution < -0.4 is 4.84 Å². The molecule has 4 rings (SSSR count). The first-order valence-corrected chi connectivity index (χ1v) is 12.1. The van der Waals surface area contributed by atoms with Gasteiger partial charge >= 0.3 is 0 Å². The SMILES string of the molecule is CC(=NOc1cc(C)cc(C)c1)c1cnc(C)nc1C1CCN(C(=O)Cc2c(F)cccc2F)CC1. The molecule has 6 nitrogen and oxygen atoms in total. The number of likely N-dealkylation sites (tertiary alicyclic amines) is 1. The summed E-state index contributed by atoms with van der Waals surface area (Å²) in [7, 11) is 0. The van der Waals surface area contributed by atoms with E-state index >= 15 is 0 Å². The molecule has 0 atom stereocenters. The molecule has 36 heavy (non-hydrogen) atoms. The van der Waals surface area contributed by atoms with Crippen LogP contribution in [0, 0.1) is 32.4 Å². The maximum Gasteiger partial charge on any atom is 0.227 e. The molecular formula is C28H30F2N4O2. The summed E-state index contributed by atoms with van der Waals surface area (Å²) in [5.41, 5.74) is 4.35. The Morgan fingerprint density at radius 1 is 1.08 bits per heavy atom. The van der Waals surface area contributed by atoms with Crippen molar-refractivity contribution in [2.24, 2.45) is 5.16 Å². The van der Waals surface area contributed by atoms with Gasteiger partial charge in [0.25, 0.3) is 0 Å². The molecule has 1 aliphatic heterocycles. The number of carbonyl (C=O) groups excluding carboxylic acids is 1. The third-order valence-corrected chi connectivity index (χ3v) is 6.44. The maximum atomic E-state index is 14.0. The van der Waals surface area contributed by atoms with Crippen molar-refractivity contribution in [3.63, 3.8) is 0 Å². The second-order valence-electron chi connectivity index (χ2n) is 9.34. The van der Waals surface area contributed by atoms with E-state index in [9.17, 15) is 13.6 Å². The lowest BCUT2D eigenvalue weighted by Crippen LogP contribution is -2.39. The van der Waals surface area contributed by atoms with E-state index in [4.69, 9.17) is 9.82 Å². The van der Waals surface area contributed by atoms with Crippen LogP contribution in [0.25, 0.3) is 0 Å². The predicted octanol–water partition coefficient (Wildman–Crippen LogP) is 5.43. The van der Waals surface area contributed by atoms with E-state index in [1.165, 1.54) is 18.2 Å². The van der Waals surface area contributed by atoms with Crippen molar-refractivity contribution in [3.8, 4) is 5.75 Å². The molecule has 1 amide bonds. The van der Waals surface area contributed by atoms with Gasteiger partial charge < -0.3 is 9.74 Å². The zero-order valence-electron chi connectivity index (χ0n) is 21.0. The van der Waals surface area contributed by atoms with Gasteiger partial charge in [-0.15, -0.1) is 0 Å². The van der Waals surface area contributed by atoms with Crippen molar-refractivity contribution in [2.45, 2.75) is 52.9 Å². The van der Waals surface area contributed by atoms with Crippen LogP contribution in [-0.4, -0.2) is 39.6 Å². The second-order valence-corrected chi connectivity index (χ2v) is 9.34. The molecule has 0 bridgehead atoms. The number of oxime groups is 1. The highest BCUT2D eigenvalue weighted by molar-refractivity contribution is 5.99. The number of rotatable bonds is 6. The number of halogens is 2. The smallest absolute Gasteiger partial charge is 0.227 e. The first kappa shape index (κ1) is 25.4. The molecule has 2 aromatic carbocycles. The summed E-state index contributed by atoms with van der Waals surface area (Å²) < 4.78 is 28.0. The van der Waals surface area contributed by atoms with Crippen LogP contribution in [0.5, 0.6) is 5.75 Å². The lowest BCUT2D eigenvalue weighted by Gasteiger charge is -2.32. The Morgan fingerprint density at radius 3 is 2.36 bits per heavy atom. The van der Waals surface area contributed by atoms with Gasteiger partial charge in [-0.1, -0.05) is 17.3 Å². The normalized spacial score (nSPS) is 14.7. The average molecular weight is 493 g/mol. The van der Waals surface area contributed by atoms with Crippen LogP contribution in [0.15, 0.2) is 47.8 Å². The minimum Gasteiger partial charge on any atom is -0.357 e. The molecule has 0 saturated carbocycles. The lowest BCUT2D eigenvalue weighted by molar-refractivity contribution is -0.131. The predicted molar refractivity (Wildman–Crippen MR) is 134 cm³/mol. The fraction of sp³-hybridized carbons (Fsp3) is 0.357. The van der Waals surface area contributed by atoms with Gasteiger partial charge in [0.05, 0.1) is 17.8 Å². The molecule has 1 saturated heterocycles. The Labute approximate surface area is 210 Å². The molecule has 8 heteroatoms. The molecule has 188 valence electrons. The third-order valence-electron chi connectivity index (χ3n) is 6.44. The Bertz CT molecular complexity index is 1260. The Morgan fingerprint density at radius 2 is 1.72 bits per heavy atom. The number of amides is 1. The summed E-state index contributed by atoms with van der Waals surface area (Å²) in [6.07, 6.45) is 2.84. The molecule has 1 aliphatic rings. The Kier molecular flexibility index (Phi) is 7.72. The van der Waals surface area contributed by atoms with E-state index in [0.717, 1.165) is 22.4 Å². The molecule has 0 unspecified atom stereocenters. The number of piperidine rings is 1. The summed E-state index contributed by atoms with van der Waals surface area (Å²) in [6, 6.07) is 9.56. The average Bonchev–Trinajstić information content (AvgIpc) is 2.84. The van der Waals surface area contributed by atoms with Gasteiger partial charge in [0.2, 0.25) is 5.91 Å². The van der Waals surface area contributed by atoms with E-state index in [0.29, 0.717) is 43.2 Å². The van der Waals surface area contributed by atoms with E-state index in [-0.39, 0.29) is 23.8 Å². The molecule has 0 radical (unpaired) electrons. The van der Waals surface area contributed by atoms with Crippen molar-refractivity contribution >= 4 is 11.6 Å². The first-order valence-electron chi connectivity index (χ1n) is 12.1. The summed E-state index contributed by atoms with van der Waals surface area (Å²) >= 11 is 0. The minimum absolute atomic E-state index is 0.0994. The van der Waals surface area contributed by atoms with Gasteiger partial charge in [-0.25, -0.2) is 18.7 Å². The standard InChI is InChI=1S/C28H30F2N4O2/c1-17-12-18(2)14-22(13-17)36-33-19(3)24-16-31-20(4)32-28(24)21-8-10-34(11-9-21)27(35)15-23-25(29)6-5-7-26(23)30/h5-7,12-14,16,21H,8-11,15H2,1-4H3. The zero-order chi connectivity index (χ0) is 25.8. The van der Waals surface area contributed by atoms with Crippen molar-refractivity contribution in [1.82, 2.24) is 14.9 Å². The number of hydrogen-bond acceptors (Lipinski definition) is 5. The number of benzene rings is 2. The van der Waals surface area contributed by atoms with Gasteiger partial charge in [-0.05, 0) is 75.9 Å². The fourth-order valence-corrected chi connectivity index (χ4v) is 4.60. The maximum absolute atomic E-state index is 14.0. The van der Waals surface area contributed by atoms with Crippen LogP contribution in [0.4, 0.5) is 8.78 Å². The van der Waals surface area contributed by atoms with Gasteiger partial charge in [-0.2, -0.15) is 0 Å². The van der Waals surface area contributed by atoms with Crippen LogP contribution >= 0.6 is 0 Å². The second kappa shape index (κ2) is 10.9. The molecule has 1 aromatic heterocycles. The summed E-state index contributed by atoms with van der Waals surface area (Å²) in [4.78, 5) is 29.2. The van der Waals surface area contributed by atoms with E-state index in [1.807, 2.05) is 39.8 Å². The fourth-order valence-electron chi connectivity index (χ4n) is 4.60. The van der Waals surface area contributed by atoms with Crippen molar-refractivity contribution in [3.05, 3.63) is 88.0 Å². The molecule has 0 aliphatic carbocycles. The number of carbonyl (C=O) groups is 1. The first-order chi connectivity index (χ1) is 17.2. The summed E-state index contributed by atoms with van der Waals surface area (Å²) in [5, 5.41) is 4.34. The molecule has 3 aromatic rings. The van der Waals surface area contributed by atoms with E-state index in [2.05, 4.69) is 16.2 Å². The number of nitrogens with zero attached hydrogens (tertiary/aromatic N) is 4. The highest BCUT2D eigenvalue weighted by atomic mass is 19.1. The highest BCUT2D eigenvalue weighted by Crippen LogP contribution is 2.30. The number of hydrogen-bond donors (Lipinski definition) is 0. The third kappa shape index (κ3) is 5.93. The molecule has 0 N–H and O–H groups in total.